The van der Waals surface area contributed by atoms with Gasteiger partial charge in [-0.05, 0) is 68.1 Å². The number of aryl methyl sites for hydroxylation is 3. The van der Waals surface area contributed by atoms with Crippen LogP contribution < -0.4 is 10.1 Å². The molecule has 26 heavy (non-hydrogen) atoms. The van der Waals surface area contributed by atoms with E-state index >= 15 is 0 Å². The molecule has 0 bridgehead atoms. The van der Waals surface area contributed by atoms with E-state index in [4.69, 9.17) is 9.47 Å². The molecule has 0 aliphatic rings. The van der Waals surface area contributed by atoms with Crippen molar-refractivity contribution in [2.45, 2.75) is 40.2 Å². The minimum atomic E-state index is -0.627. The van der Waals surface area contributed by atoms with Crippen LogP contribution in [0.4, 0.5) is 5.69 Å². The molecular weight excluding hydrogens is 330 g/mol. The van der Waals surface area contributed by atoms with Crippen molar-refractivity contribution < 1.29 is 19.1 Å². The lowest BCUT2D eigenvalue weighted by Gasteiger charge is -2.19. The van der Waals surface area contributed by atoms with E-state index in [1.807, 2.05) is 45.9 Å². The van der Waals surface area contributed by atoms with Gasteiger partial charge in [-0.25, -0.2) is 4.79 Å². The third-order valence-corrected chi connectivity index (χ3v) is 4.34. The highest BCUT2D eigenvalue weighted by molar-refractivity contribution is 5.97. The summed E-state index contributed by atoms with van der Waals surface area (Å²) >= 11 is 0. The van der Waals surface area contributed by atoms with Crippen molar-refractivity contribution in [1.29, 1.82) is 0 Å². The van der Waals surface area contributed by atoms with E-state index in [2.05, 4.69) is 5.32 Å². The molecule has 0 saturated heterocycles. The van der Waals surface area contributed by atoms with Crippen molar-refractivity contribution >= 4 is 17.6 Å². The Morgan fingerprint density at radius 3 is 2.31 bits per heavy atom. The van der Waals surface area contributed by atoms with Crippen LogP contribution in [0.25, 0.3) is 0 Å². The maximum atomic E-state index is 12.7. The first kappa shape index (κ1) is 19.5. The van der Waals surface area contributed by atoms with E-state index in [0.29, 0.717) is 23.4 Å². The molecule has 1 amide bonds. The predicted molar refractivity (Wildman–Crippen MR) is 102 cm³/mol. The van der Waals surface area contributed by atoms with Gasteiger partial charge in [-0.2, -0.15) is 0 Å². The third kappa shape index (κ3) is 4.63. The molecule has 1 unspecified atom stereocenters. The van der Waals surface area contributed by atoms with Crippen LogP contribution in [0.15, 0.2) is 36.4 Å². The van der Waals surface area contributed by atoms with Gasteiger partial charge in [0.1, 0.15) is 5.75 Å². The standard InChI is InChI=1S/C21H25NO4/c1-6-19(26-17-10-8-13(2)15(4)11-17)20(23)22-18-12-16(21(24)25-5)9-7-14(18)3/h7-12,19H,6H2,1-5H3,(H,22,23). The van der Waals surface area contributed by atoms with Crippen LogP contribution in [-0.4, -0.2) is 25.1 Å². The lowest BCUT2D eigenvalue weighted by Crippen LogP contribution is -2.32. The zero-order chi connectivity index (χ0) is 19.3. The lowest BCUT2D eigenvalue weighted by atomic mass is 10.1. The van der Waals surface area contributed by atoms with E-state index < -0.39 is 12.1 Å². The summed E-state index contributed by atoms with van der Waals surface area (Å²) in [7, 11) is 1.32. The second-order valence-corrected chi connectivity index (χ2v) is 6.27. The van der Waals surface area contributed by atoms with Crippen LogP contribution in [0.1, 0.15) is 40.4 Å². The van der Waals surface area contributed by atoms with Gasteiger partial charge in [0, 0.05) is 5.69 Å². The van der Waals surface area contributed by atoms with E-state index in [1.165, 1.54) is 12.7 Å². The van der Waals surface area contributed by atoms with Crippen molar-refractivity contribution in [3.63, 3.8) is 0 Å². The third-order valence-electron chi connectivity index (χ3n) is 4.34. The molecule has 0 heterocycles. The van der Waals surface area contributed by atoms with Gasteiger partial charge in [0.2, 0.25) is 0 Å². The van der Waals surface area contributed by atoms with Crippen molar-refractivity contribution in [2.24, 2.45) is 0 Å². The molecule has 0 aromatic heterocycles. The van der Waals surface area contributed by atoms with Gasteiger partial charge in [-0.1, -0.05) is 19.1 Å². The summed E-state index contributed by atoms with van der Waals surface area (Å²) in [6.07, 6.45) is -0.104. The topological polar surface area (TPSA) is 64.6 Å². The highest BCUT2D eigenvalue weighted by Gasteiger charge is 2.20. The molecular formula is C21H25NO4. The lowest BCUT2D eigenvalue weighted by molar-refractivity contribution is -0.122. The molecule has 2 rings (SSSR count). The first-order chi connectivity index (χ1) is 12.3. The highest BCUT2D eigenvalue weighted by Crippen LogP contribution is 2.21. The second-order valence-electron chi connectivity index (χ2n) is 6.27. The Hall–Kier alpha value is -2.82. The molecule has 1 atom stereocenters. The monoisotopic (exact) mass is 355 g/mol. The molecule has 5 heteroatoms. The molecule has 0 radical (unpaired) electrons. The summed E-state index contributed by atoms with van der Waals surface area (Å²) in [6.45, 7) is 7.79. The fourth-order valence-corrected chi connectivity index (χ4v) is 2.49. The number of nitrogens with one attached hydrogen (secondary N) is 1. The van der Waals surface area contributed by atoms with Crippen molar-refractivity contribution in [3.8, 4) is 5.75 Å². The summed E-state index contributed by atoms with van der Waals surface area (Å²) in [6, 6.07) is 10.8. The summed E-state index contributed by atoms with van der Waals surface area (Å²) in [4.78, 5) is 24.3. The SMILES string of the molecule is CCC(Oc1ccc(C)c(C)c1)C(=O)Nc1cc(C(=O)OC)ccc1C. The van der Waals surface area contributed by atoms with Crippen LogP contribution in [-0.2, 0) is 9.53 Å². The molecule has 2 aromatic carbocycles. The number of benzene rings is 2. The van der Waals surface area contributed by atoms with Gasteiger partial charge in [0.05, 0.1) is 12.7 Å². The summed E-state index contributed by atoms with van der Waals surface area (Å²) < 4.78 is 10.6. The second kappa shape index (κ2) is 8.52. The maximum absolute atomic E-state index is 12.7. The van der Waals surface area contributed by atoms with Crippen molar-refractivity contribution in [1.82, 2.24) is 0 Å². The molecule has 2 aromatic rings. The smallest absolute Gasteiger partial charge is 0.337 e. The number of rotatable bonds is 6. The van der Waals surface area contributed by atoms with E-state index in [-0.39, 0.29) is 5.91 Å². The molecule has 0 spiro atoms. The minimum absolute atomic E-state index is 0.254. The summed E-state index contributed by atoms with van der Waals surface area (Å²) in [5.74, 6) is -0.0371. The molecule has 5 nitrogen and oxygen atoms in total. The quantitative estimate of drug-likeness (QED) is 0.789. The Labute approximate surface area is 154 Å². The van der Waals surface area contributed by atoms with E-state index in [9.17, 15) is 9.59 Å². The van der Waals surface area contributed by atoms with Crippen LogP contribution in [0.2, 0.25) is 0 Å². The maximum Gasteiger partial charge on any atom is 0.337 e. The summed E-state index contributed by atoms with van der Waals surface area (Å²) in [5.41, 5.74) is 4.09. The largest absolute Gasteiger partial charge is 0.481 e. The van der Waals surface area contributed by atoms with Crippen LogP contribution >= 0.6 is 0 Å². The van der Waals surface area contributed by atoms with Gasteiger partial charge < -0.3 is 14.8 Å². The Kier molecular flexibility index (Phi) is 6.39. The van der Waals surface area contributed by atoms with Gasteiger partial charge in [-0.15, -0.1) is 0 Å². The predicted octanol–water partition coefficient (Wildman–Crippen LogP) is 4.19. The number of carbonyl (C=O) groups is 2. The number of carbonyl (C=O) groups excluding carboxylic acids is 2. The molecule has 0 aliphatic heterocycles. The number of hydrogen-bond donors (Lipinski definition) is 1. The Morgan fingerprint density at radius 2 is 1.69 bits per heavy atom. The average molecular weight is 355 g/mol. The Morgan fingerprint density at radius 1 is 1.00 bits per heavy atom. The number of anilines is 1. The van der Waals surface area contributed by atoms with Gasteiger partial charge in [0.25, 0.3) is 5.91 Å². The molecule has 0 saturated carbocycles. The fraction of sp³-hybridized carbons (Fsp3) is 0.333. The molecule has 0 aliphatic carbocycles. The van der Waals surface area contributed by atoms with E-state index in [0.717, 1.165) is 11.1 Å². The molecule has 1 N–H and O–H groups in total. The average Bonchev–Trinajstić information content (AvgIpc) is 2.63. The fourth-order valence-electron chi connectivity index (χ4n) is 2.49. The Bertz CT molecular complexity index is 814. The molecule has 138 valence electrons. The van der Waals surface area contributed by atoms with Crippen LogP contribution in [0, 0.1) is 20.8 Å². The zero-order valence-corrected chi connectivity index (χ0v) is 15.9. The van der Waals surface area contributed by atoms with Crippen LogP contribution in [0.5, 0.6) is 5.75 Å². The Balaban J connectivity index is 2.16. The first-order valence-corrected chi connectivity index (χ1v) is 8.59. The number of methoxy groups -OCH3 is 1. The number of ether oxygens (including phenoxy) is 2. The van der Waals surface area contributed by atoms with Gasteiger partial charge in [0.15, 0.2) is 6.10 Å². The number of amides is 1. The molecule has 0 fully saturated rings. The number of esters is 1. The van der Waals surface area contributed by atoms with Gasteiger partial charge in [-0.3, -0.25) is 4.79 Å². The highest BCUT2D eigenvalue weighted by atomic mass is 16.5. The van der Waals surface area contributed by atoms with Crippen molar-refractivity contribution in [3.05, 3.63) is 58.7 Å². The van der Waals surface area contributed by atoms with Gasteiger partial charge >= 0.3 is 5.97 Å². The van der Waals surface area contributed by atoms with E-state index in [1.54, 1.807) is 18.2 Å². The number of hydrogen-bond acceptors (Lipinski definition) is 4. The minimum Gasteiger partial charge on any atom is -0.481 e. The van der Waals surface area contributed by atoms with Crippen LogP contribution in [0.3, 0.4) is 0 Å². The summed E-state index contributed by atoms with van der Waals surface area (Å²) in [5, 5.41) is 2.86. The zero-order valence-electron chi connectivity index (χ0n) is 15.9. The van der Waals surface area contributed by atoms with Crippen molar-refractivity contribution in [2.75, 3.05) is 12.4 Å². The first-order valence-electron chi connectivity index (χ1n) is 8.59. The normalized spacial score (nSPS) is 11.6.